The molecule has 29 heavy (non-hydrogen) atoms. The van der Waals surface area contributed by atoms with Crippen LogP contribution in [0.3, 0.4) is 0 Å². The third-order valence-electron chi connectivity index (χ3n) is 5.42. The van der Waals surface area contributed by atoms with Crippen LogP contribution in [0.25, 0.3) is 0 Å². The molecule has 3 rings (SSSR count). The van der Waals surface area contributed by atoms with Crippen molar-refractivity contribution >= 4 is 5.96 Å². The Kier molecular flexibility index (Phi) is 7.90. The van der Waals surface area contributed by atoms with E-state index in [0.29, 0.717) is 19.2 Å². The molecule has 1 fully saturated rings. The summed E-state index contributed by atoms with van der Waals surface area (Å²) >= 11 is 0. The van der Waals surface area contributed by atoms with Gasteiger partial charge >= 0.3 is 0 Å². The summed E-state index contributed by atoms with van der Waals surface area (Å²) in [4.78, 5) is 4.79. The first-order chi connectivity index (χ1) is 14.2. The second-order valence-electron chi connectivity index (χ2n) is 7.62. The van der Waals surface area contributed by atoms with E-state index >= 15 is 0 Å². The summed E-state index contributed by atoms with van der Waals surface area (Å²) in [6.45, 7) is 5.97. The number of nitrogens with zero attached hydrogens (tertiary/aromatic N) is 4. The molecule has 0 bridgehead atoms. The summed E-state index contributed by atoms with van der Waals surface area (Å²) < 4.78 is 7.59. The lowest BCUT2D eigenvalue weighted by molar-refractivity contribution is 0.340. The minimum Gasteiger partial charge on any atom is -0.494 e. The number of aryl methyl sites for hydroxylation is 1. The standard InChI is InChI=1S/C22H34N6O/c1-4-29-20-12-8-9-18(15-20)13-14-23-22(25-19-10-6-5-7-11-19)24-16-21-27-26-17(2)28(21)3/h8-9,12,15,19H,4-7,10-11,13-14,16H2,1-3H3,(H2,23,24,25). The van der Waals surface area contributed by atoms with Gasteiger partial charge in [0.2, 0.25) is 0 Å². The van der Waals surface area contributed by atoms with Gasteiger partial charge in [-0.25, -0.2) is 4.99 Å². The van der Waals surface area contributed by atoms with Crippen molar-refractivity contribution in [1.29, 1.82) is 0 Å². The molecule has 1 aliphatic rings. The van der Waals surface area contributed by atoms with E-state index in [-0.39, 0.29) is 0 Å². The Labute approximate surface area is 174 Å². The van der Waals surface area contributed by atoms with E-state index < -0.39 is 0 Å². The number of benzene rings is 1. The summed E-state index contributed by atoms with van der Waals surface area (Å²) in [7, 11) is 1.98. The second kappa shape index (κ2) is 10.8. The van der Waals surface area contributed by atoms with Crippen LogP contribution in [-0.2, 0) is 20.0 Å². The van der Waals surface area contributed by atoms with Crippen LogP contribution in [0.4, 0.5) is 0 Å². The van der Waals surface area contributed by atoms with Crippen LogP contribution in [0.5, 0.6) is 5.75 Å². The Morgan fingerprint density at radius 2 is 2.07 bits per heavy atom. The molecule has 0 unspecified atom stereocenters. The molecular weight excluding hydrogens is 364 g/mol. The van der Waals surface area contributed by atoms with Gasteiger partial charge in [0.15, 0.2) is 11.8 Å². The molecule has 2 aromatic rings. The predicted octanol–water partition coefficient (Wildman–Crippen LogP) is 3.13. The number of hydrogen-bond acceptors (Lipinski definition) is 4. The molecule has 158 valence electrons. The van der Waals surface area contributed by atoms with Crippen LogP contribution in [-0.4, -0.2) is 39.9 Å². The first kappa shape index (κ1) is 21.1. The number of aromatic nitrogens is 3. The van der Waals surface area contributed by atoms with E-state index in [2.05, 4.69) is 33.0 Å². The van der Waals surface area contributed by atoms with E-state index in [1.54, 1.807) is 0 Å². The third-order valence-corrected chi connectivity index (χ3v) is 5.42. The Bertz CT molecular complexity index is 794. The Morgan fingerprint density at radius 1 is 1.24 bits per heavy atom. The number of rotatable bonds is 8. The first-order valence-electron chi connectivity index (χ1n) is 10.8. The van der Waals surface area contributed by atoms with Gasteiger partial charge in [-0.1, -0.05) is 31.4 Å². The van der Waals surface area contributed by atoms with Crippen molar-refractivity contribution in [3.8, 4) is 5.75 Å². The van der Waals surface area contributed by atoms with Gasteiger partial charge in [0.25, 0.3) is 0 Å². The highest BCUT2D eigenvalue weighted by Crippen LogP contribution is 2.17. The number of ether oxygens (including phenoxy) is 1. The summed E-state index contributed by atoms with van der Waals surface area (Å²) in [5, 5.41) is 15.5. The molecule has 1 saturated carbocycles. The van der Waals surface area contributed by atoms with E-state index in [9.17, 15) is 0 Å². The zero-order valence-electron chi connectivity index (χ0n) is 17.9. The molecule has 0 amide bonds. The maximum absolute atomic E-state index is 5.60. The normalized spacial score (nSPS) is 15.3. The lowest BCUT2D eigenvalue weighted by Crippen LogP contribution is -2.44. The van der Waals surface area contributed by atoms with E-state index in [1.165, 1.54) is 37.7 Å². The number of nitrogens with one attached hydrogen (secondary N) is 2. The number of hydrogen-bond donors (Lipinski definition) is 2. The van der Waals surface area contributed by atoms with Crippen molar-refractivity contribution in [3.63, 3.8) is 0 Å². The molecule has 7 heteroatoms. The summed E-state index contributed by atoms with van der Waals surface area (Å²) in [5.74, 6) is 3.56. The second-order valence-corrected chi connectivity index (χ2v) is 7.62. The molecule has 0 radical (unpaired) electrons. The van der Waals surface area contributed by atoms with E-state index in [4.69, 9.17) is 9.73 Å². The van der Waals surface area contributed by atoms with Gasteiger partial charge in [0.05, 0.1) is 6.61 Å². The summed E-state index contributed by atoms with van der Waals surface area (Å²) in [6.07, 6.45) is 7.25. The zero-order valence-corrected chi connectivity index (χ0v) is 17.9. The first-order valence-corrected chi connectivity index (χ1v) is 10.8. The fourth-order valence-corrected chi connectivity index (χ4v) is 3.61. The van der Waals surface area contributed by atoms with E-state index in [0.717, 1.165) is 36.3 Å². The molecule has 0 saturated heterocycles. The maximum atomic E-state index is 5.60. The monoisotopic (exact) mass is 398 g/mol. The Morgan fingerprint density at radius 3 is 2.79 bits per heavy atom. The lowest BCUT2D eigenvalue weighted by Gasteiger charge is -2.25. The summed E-state index contributed by atoms with van der Waals surface area (Å²) in [5.41, 5.74) is 1.25. The predicted molar refractivity (Wildman–Crippen MR) is 116 cm³/mol. The number of guanidine groups is 1. The largest absolute Gasteiger partial charge is 0.494 e. The van der Waals surface area contributed by atoms with Gasteiger partial charge < -0.3 is 19.9 Å². The molecule has 2 N–H and O–H groups in total. The number of aliphatic imine (C=N–C) groups is 1. The van der Waals surface area contributed by atoms with Crippen LogP contribution in [0.15, 0.2) is 29.3 Å². The average molecular weight is 399 g/mol. The third kappa shape index (κ3) is 6.48. The van der Waals surface area contributed by atoms with Gasteiger partial charge in [-0.3, -0.25) is 0 Å². The minimum atomic E-state index is 0.498. The van der Waals surface area contributed by atoms with Crippen molar-refractivity contribution < 1.29 is 4.74 Å². The molecule has 1 aliphatic carbocycles. The molecule has 1 heterocycles. The fraction of sp³-hybridized carbons (Fsp3) is 0.591. The van der Waals surface area contributed by atoms with Crippen LogP contribution in [0.2, 0.25) is 0 Å². The highest BCUT2D eigenvalue weighted by atomic mass is 16.5. The molecule has 7 nitrogen and oxygen atoms in total. The molecule has 1 aromatic carbocycles. The zero-order chi connectivity index (χ0) is 20.5. The van der Waals surface area contributed by atoms with Crippen molar-refractivity contribution in [2.24, 2.45) is 12.0 Å². The van der Waals surface area contributed by atoms with Crippen LogP contribution in [0, 0.1) is 6.92 Å². The molecule has 0 atom stereocenters. The van der Waals surface area contributed by atoms with Crippen LogP contribution < -0.4 is 15.4 Å². The fourth-order valence-electron chi connectivity index (χ4n) is 3.61. The maximum Gasteiger partial charge on any atom is 0.191 e. The molecule has 0 aliphatic heterocycles. The SMILES string of the molecule is CCOc1cccc(CCNC(=NCc2nnc(C)n2C)NC2CCCCC2)c1. The van der Waals surface area contributed by atoms with Crippen molar-refractivity contribution in [3.05, 3.63) is 41.5 Å². The van der Waals surface area contributed by atoms with Crippen molar-refractivity contribution in [2.75, 3.05) is 13.2 Å². The Balaban J connectivity index is 1.60. The minimum absolute atomic E-state index is 0.498. The quantitative estimate of drug-likeness (QED) is 0.528. The topological polar surface area (TPSA) is 76.4 Å². The summed E-state index contributed by atoms with van der Waals surface area (Å²) in [6, 6.07) is 8.79. The van der Waals surface area contributed by atoms with Gasteiger partial charge in [-0.05, 0) is 50.8 Å². The van der Waals surface area contributed by atoms with Gasteiger partial charge in [-0.2, -0.15) is 0 Å². The average Bonchev–Trinajstić information content (AvgIpc) is 3.05. The van der Waals surface area contributed by atoms with Gasteiger partial charge in [0, 0.05) is 19.6 Å². The van der Waals surface area contributed by atoms with Crippen molar-refractivity contribution in [2.45, 2.75) is 65.0 Å². The van der Waals surface area contributed by atoms with Gasteiger partial charge in [0.1, 0.15) is 18.1 Å². The molecule has 1 aromatic heterocycles. The lowest BCUT2D eigenvalue weighted by atomic mass is 9.96. The highest BCUT2D eigenvalue weighted by Gasteiger charge is 2.15. The smallest absolute Gasteiger partial charge is 0.191 e. The highest BCUT2D eigenvalue weighted by molar-refractivity contribution is 5.80. The van der Waals surface area contributed by atoms with E-state index in [1.807, 2.05) is 37.6 Å². The Hall–Kier alpha value is -2.57. The van der Waals surface area contributed by atoms with Crippen LogP contribution >= 0.6 is 0 Å². The van der Waals surface area contributed by atoms with Crippen LogP contribution in [0.1, 0.15) is 56.2 Å². The van der Waals surface area contributed by atoms with Crippen molar-refractivity contribution in [1.82, 2.24) is 25.4 Å². The molecular formula is C22H34N6O. The molecule has 0 spiro atoms. The van der Waals surface area contributed by atoms with Gasteiger partial charge in [-0.15, -0.1) is 10.2 Å².